The quantitative estimate of drug-likeness (QED) is 0.630. The van der Waals surface area contributed by atoms with Gasteiger partial charge in [-0.2, -0.15) is 0 Å². The molecule has 0 fully saturated rings. The molecule has 2 aliphatic rings. The Morgan fingerprint density at radius 2 is 1.54 bits per heavy atom. The zero-order valence-electron chi connectivity index (χ0n) is 16.2. The molecule has 0 unspecified atom stereocenters. The summed E-state index contributed by atoms with van der Waals surface area (Å²) in [7, 11) is 0. The molecule has 0 bridgehead atoms. The van der Waals surface area contributed by atoms with Crippen LogP contribution in [-0.2, 0) is 9.59 Å². The Bertz CT molecular complexity index is 874. The van der Waals surface area contributed by atoms with Gasteiger partial charge >= 0.3 is 0 Å². The molecule has 3 rings (SSSR count). The highest BCUT2D eigenvalue weighted by Gasteiger charge is 2.29. The smallest absolute Gasteiger partial charge is 0.188 e. The van der Waals surface area contributed by atoms with Crippen LogP contribution < -0.4 is 15.8 Å². The van der Waals surface area contributed by atoms with Gasteiger partial charge in [-0.1, -0.05) is 32.6 Å². The van der Waals surface area contributed by atoms with Crippen LogP contribution in [0.4, 0.5) is 5.69 Å². The van der Waals surface area contributed by atoms with Crippen LogP contribution >= 0.6 is 0 Å². The number of anilines is 1. The summed E-state index contributed by atoms with van der Waals surface area (Å²) in [6, 6.07) is 7.57. The van der Waals surface area contributed by atoms with E-state index in [1.54, 1.807) is 6.08 Å². The van der Waals surface area contributed by atoms with Crippen LogP contribution in [0, 0.1) is 0 Å². The monoisotopic (exact) mass is 378 g/mol. The van der Waals surface area contributed by atoms with Gasteiger partial charge in [0, 0.05) is 11.4 Å². The number of fused-ring (bicyclic) bond motifs is 1. The van der Waals surface area contributed by atoms with Gasteiger partial charge in [-0.3, -0.25) is 9.59 Å². The second-order valence-corrected chi connectivity index (χ2v) is 6.93. The highest BCUT2D eigenvalue weighted by atomic mass is 16.5. The molecule has 0 saturated heterocycles. The molecular formula is C23H26N2O3. The number of hydrogen-bond acceptors (Lipinski definition) is 5. The number of rotatable bonds is 9. The molecule has 3 N–H and O–H groups in total. The van der Waals surface area contributed by atoms with Crippen LogP contribution in [0.2, 0.25) is 0 Å². The molecule has 0 aliphatic heterocycles. The highest BCUT2D eigenvalue weighted by molar-refractivity contribution is 6.23. The minimum Gasteiger partial charge on any atom is -0.494 e. The predicted octanol–water partition coefficient (Wildman–Crippen LogP) is 4.19. The first kappa shape index (κ1) is 19.7. The molecule has 1 aromatic carbocycles. The Labute approximate surface area is 165 Å². The van der Waals surface area contributed by atoms with E-state index < -0.39 is 0 Å². The van der Waals surface area contributed by atoms with Crippen LogP contribution in [-0.4, -0.2) is 18.2 Å². The second-order valence-electron chi connectivity index (χ2n) is 6.93. The van der Waals surface area contributed by atoms with Crippen molar-refractivity contribution in [2.24, 2.45) is 5.73 Å². The summed E-state index contributed by atoms with van der Waals surface area (Å²) < 4.78 is 5.78. The number of nitrogens with one attached hydrogen (secondary N) is 1. The molecule has 0 heterocycles. The van der Waals surface area contributed by atoms with Gasteiger partial charge in [-0.25, -0.2) is 0 Å². The van der Waals surface area contributed by atoms with Gasteiger partial charge in [0.15, 0.2) is 11.6 Å². The average Bonchev–Trinajstić information content (AvgIpc) is 2.70. The predicted molar refractivity (Wildman–Crippen MR) is 111 cm³/mol. The van der Waals surface area contributed by atoms with Gasteiger partial charge in [0.25, 0.3) is 0 Å². The summed E-state index contributed by atoms with van der Waals surface area (Å²) in [5.74, 6) is 0.334. The van der Waals surface area contributed by atoms with Gasteiger partial charge in [-0.05, 0) is 55.0 Å². The molecule has 0 atom stereocenters. The van der Waals surface area contributed by atoms with Crippen molar-refractivity contribution in [3.63, 3.8) is 0 Å². The molecule has 5 heteroatoms. The van der Waals surface area contributed by atoms with Gasteiger partial charge in [-0.15, -0.1) is 0 Å². The van der Waals surface area contributed by atoms with Crippen LogP contribution in [0.25, 0.3) is 0 Å². The maximum atomic E-state index is 12.3. The SMILES string of the molecule is CCCCCCCOc1ccc(NC2=C3C(=O)C=CC(N)=C3C(=O)C=C2)cc1. The molecule has 2 aliphatic carbocycles. The van der Waals surface area contributed by atoms with E-state index in [1.165, 1.54) is 43.9 Å². The van der Waals surface area contributed by atoms with E-state index in [0.717, 1.165) is 17.9 Å². The first-order valence-corrected chi connectivity index (χ1v) is 9.79. The van der Waals surface area contributed by atoms with Gasteiger partial charge in [0.1, 0.15) is 5.75 Å². The Balaban J connectivity index is 1.64. The maximum Gasteiger partial charge on any atom is 0.188 e. The number of unbranched alkanes of at least 4 members (excludes halogenated alkanes) is 4. The fourth-order valence-corrected chi connectivity index (χ4v) is 3.25. The minimum atomic E-state index is -0.251. The Hall–Kier alpha value is -3.08. The molecule has 0 radical (unpaired) electrons. The minimum absolute atomic E-state index is 0.229. The lowest BCUT2D eigenvalue weighted by Crippen LogP contribution is -2.24. The summed E-state index contributed by atoms with van der Waals surface area (Å²) in [6.45, 7) is 2.92. The molecular weight excluding hydrogens is 352 g/mol. The number of benzene rings is 1. The molecule has 5 nitrogen and oxygen atoms in total. The number of hydrogen-bond donors (Lipinski definition) is 2. The first-order chi connectivity index (χ1) is 13.6. The Morgan fingerprint density at radius 1 is 0.857 bits per heavy atom. The van der Waals surface area contributed by atoms with Crippen molar-refractivity contribution in [1.82, 2.24) is 0 Å². The zero-order valence-corrected chi connectivity index (χ0v) is 16.2. The van der Waals surface area contributed by atoms with E-state index in [0.29, 0.717) is 23.6 Å². The molecule has 0 spiro atoms. The van der Waals surface area contributed by atoms with Crippen LogP contribution in [0.15, 0.2) is 71.1 Å². The normalized spacial score (nSPS) is 15.9. The van der Waals surface area contributed by atoms with Crippen LogP contribution in [0.1, 0.15) is 39.0 Å². The maximum absolute atomic E-state index is 12.3. The van der Waals surface area contributed by atoms with E-state index in [9.17, 15) is 9.59 Å². The largest absolute Gasteiger partial charge is 0.494 e. The molecule has 146 valence electrons. The number of ketones is 2. The number of carbonyl (C=O) groups is 2. The Kier molecular flexibility index (Phi) is 6.48. The second kappa shape index (κ2) is 9.22. The third-order valence-corrected chi connectivity index (χ3v) is 4.77. The highest BCUT2D eigenvalue weighted by Crippen LogP contribution is 2.29. The third-order valence-electron chi connectivity index (χ3n) is 4.77. The molecule has 0 amide bonds. The van der Waals surface area contributed by atoms with Crippen molar-refractivity contribution in [2.45, 2.75) is 39.0 Å². The Morgan fingerprint density at radius 3 is 2.29 bits per heavy atom. The number of nitrogens with two attached hydrogens (primary N) is 1. The van der Waals surface area contributed by atoms with Gasteiger partial charge < -0.3 is 15.8 Å². The molecule has 1 aromatic rings. The first-order valence-electron chi connectivity index (χ1n) is 9.79. The summed E-state index contributed by atoms with van der Waals surface area (Å²) in [4.78, 5) is 24.4. The van der Waals surface area contributed by atoms with Gasteiger partial charge in [0.2, 0.25) is 0 Å². The molecule has 28 heavy (non-hydrogen) atoms. The number of ether oxygens (including phenoxy) is 1. The van der Waals surface area contributed by atoms with E-state index >= 15 is 0 Å². The van der Waals surface area contributed by atoms with E-state index in [2.05, 4.69) is 12.2 Å². The van der Waals surface area contributed by atoms with Crippen molar-refractivity contribution in [3.05, 3.63) is 71.1 Å². The lowest BCUT2D eigenvalue weighted by atomic mass is 9.86. The third kappa shape index (κ3) is 4.60. The number of carbonyl (C=O) groups excluding carboxylic acids is 2. The molecule has 0 aromatic heterocycles. The lowest BCUT2D eigenvalue weighted by molar-refractivity contribution is -0.114. The van der Waals surface area contributed by atoms with Crippen LogP contribution in [0.5, 0.6) is 5.75 Å². The van der Waals surface area contributed by atoms with Crippen molar-refractivity contribution in [2.75, 3.05) is 11.9 Å². The van der Waals surface area contributed by atoms with Crippen molar-refractivity contribution < 1.29 is 14.3 Å². The average molecular weight is 378 g/mol. The fraction of sp³-hybridized carbons (Fsp3) is 0.304. The van der Waals surface area contributed by atoms with E-state index in [-0.39, 0.29) is 17.1 Å². The summed E-state index contributed by atoms with van der Waals surface area (Å²) in [5, 5.41) is 3.21. The fourth-order valence-electron chi connectivity index (χ4n) is 3.25. The molecule has 0 saturated carbocycles. The van der Waals surface area contributed by atoms with Gasteiger partial charge in [0.05, 0.1) is 23.5 Å². The standard InChI is InChI=1S/C23H26N2O3/c1-2-3-4-5-6-15-28-17-9-7-16(8-10-17)25-19-12-14-20(26)22-18(24)11-13-21(27)23(19)22/h7-14,25H,2-6,15,24H2,1H3. The zero-order chi connectivity index (χ0) is 19.9. The number of allylic oxidation sites excluding steroid dienone is 6. The van der Waals surface area contributed by atoms with E-state index in [4.69, 9.17) is 10.5 Å². The van der Waals surface area contributed by atoms with Crippen molar-refractivity contribution >= 4 is 17.3 Å². The van der Waals surface area contributed by atoms with Crippen molar-refractivity contribution in [1.29, 1.82) is 0 Å². The summed E-state index contributed by atoms with van der Waals surface area (Å²) in [5.41, 5.74) is 8.17. The summed E-state index contributed by atoms with van der Waals surface area (Å²) in [6.07, 6.45) is 11.9. The summed E-state index contributed by atoms with van der Waals surface area (Å²) >= 11 is 0. The lowest BCUT2D eigenvalue weighted by Gasteiger charge is -2.21. The van der Waals surface area contributed by atoms with Crippen LogP contribution in [0.3, 0.4) is 0 Å². The van der Waals surface area contributed by atoms with Crippen molar-refractivity contribution in [3.8, 4) is 5.75 Å². The topological polar surface area (TPSA) is 81.4 Å². The van der Waals surface area contributed by atoms with E-state index in [1.807, 2.05) is 24.3 Å².